The Labute approximate surface area is 135 Å². The smallest absolute Gasteiger partial charge is 0.162 e. The molecule has 116 valence electrons. The third kappa shape index (κ3) is 3.54. The van der Waals surface area contributed by atoms with E-state index in [4.69, 9.17) is 9.47 Å². The minimum Gasteiger partial charge on any atom is -0.486 e. The van der Waals surface area contributed by atoms with Crippen molar-refractivity contribution in [3.05, 3.63) is 22.2 Å². The van der Waals surface area contributed by atoms with Gasteiger partial charge in [0.2, 0.25) is 0 Å². The summed E-state index contributed by atoms with van der Waals surface area (Å²) in [6.45, 7) is 1.27. The number of fused-ring (bicyclic) bond motifs is 1. The van der Waals surface area contributed by atoms with Crippen molar-refractivity contribution in [2.45, 2.75) is 44.6 Å². The van der Waals surface area contributed by atoms with Crippen molar-refractivity contribution in [1.82, 2.24) is 5.32 Å². The molecule has 0 radical (unpaired) electrons. The minimum absolute atomic E-state index is 0.371. The van der Waals surface area contributed by atoms with Gasteiger partial charge in [0.05, 0.1) is 0 Å². The van der Waals surface area contributed by atoms with Gasteiger partial charge in [0.1, 0.15) is 13.2 Å². The van der Waals surface area contributed by atoms with Crippen LogP contribution in [0.5, 0.6) is 11.5 Å². The Hall–Kier alpha value is -0.740. The largest absolute Gasteiger partial charge is 0.486 e. The third-order valence-electron chi connectivity index (χ3n) is 4.72. The molecule has 4 heteroatoms. The fraction of sp³-hybridized carbons (Fsp3) is 0.647. The highest BCUT2D eigenvalue weighted by Gasteiger charge is 2.21. The van der Waals surface area contributed by atoms with Crippen LogP contribution in [0.25, 0.3) is 0 Å². The molecule has 0 aromatic heterocycles. The summed E-state index contributed by atoms with van der Waals surface area (Å²) in [5, 5.41) is 3.46. The van der Waals surface area contributed by atoms with Gasteiger partial charge in [-0.25, -0.2) is 0 Å². The monoisotopic (exact) mass is 353 g/mol. The van der Waals surface area contributed by atoms with Crippen LogP contribution in [-0.4, -0.2) is 20.3 Å². The lowest BCUT2D eigenvalue weighted by molar-refractivity contribution is 0.171. The van der Waals surface area contributed by atoms with Crippen LogP contribution in [0.15, 0.2) is 16.6 Å². The second kappa shape index (κ2) is 7.01. The molecule has 1 saturated carbocycles. The van der Waals surface area contributed by atoms with Gasteiger partial charge in [-0.3, -0.25) is 0 Å². The van der Waals surface area contributed by atoms with Gasteiger partial charge in [-0.05, 0) is 43.5 Å². The number of benzene rings is 1. The van der Waals surface area contributed by atoms with E-state index < -0.39 is 0 Å². The van der Waals surface area contributed by atoms with Crippen LogP contribution in [0.3, 0.4) is 0 Å². The normalized spacial score (nSPS) is 19.7. The number of halogens is 1. The van der Waals surface area contributed by atoms with Gasteiger partial charge in [-0.2, -0.15) is 0 Å². The highest BCUT2D eigenvalue weighted by atomic mass is 79.9. The molecule has 21 heavy (non-hydrogen) atoms. The molecule has 1 fully saturated rings. The standard InChI is InChI=1S/C17H24BrNO2/c1-19-15(7-6-12-4-2-3-5-12)13-10-16-17(11-14(13)18)21-9-8-20-16/h10-12,15,19H,2-9H2,1H3. The third-order valence-corrected chi connectivity index (χ3v) is 5.41. The van der Waals surface area contributed by atoms with E-state index >= 15 is 0 Å². The summed E-state index contributed by atoms with van der Waals surface area (Å²) >= 11 is 3.69. The van der Waals surface area contributed by atoms with Crippen molar-refractivity contribution >= 4 is 15.9 Å². The lowest BCUT2D eigenvalue weighted by Gasteiger charge is -2.24. The number of rotatable bonds is 5. The van der Waals surface area contributed by atoms with Crippen LogP contribution >= 0.6 is 15.9 Å². The van der Waals surface area contributed by atoms with E-state index in [2.05, 4.69) is 27.3 Å². The van der Waals surface area contributed by atoms with Crippen LogP contribution < -0.4 is 14.8 Å². The highest BCUT2D eigenvalue weighted by molar-refractivity contribution is 9.10. The van der Waals surface area contributed by atoms with Crippen LogP contribution in [0.4, 0.5) is 0 Å². The van der Waals surface area contributed by atoms with Gasteiger partial charge in [0.25, 0.3) is 0 Å². The summed E-state index contributed by atoms with van der Waals surface area (Å²) < 4.78 is 12.5. The molecule has 1 aliphatic heterocycles. The SMILES string of the molecule is CNC(CCC1CCCC1)c1cc2c(cc1Br)OCCO2. The molecule has 2 aliphatic rings. The Morgan fingerprint density at radius 1 is 1.19 bits per heavy atom. The molecule has 3 rings (SSSR count). The van der Waals surface area contributed by atoms with Gasteiger partial charge < -0.3 is 14.8 Å². The highest BCUT2D eigenvalue weighted by Crippen LogP contribution is 2.39. The summed E-state index contributed by atoms with van der Waals surface area (Å²) in [5.41, 5.74) is 1.28. The van der Waals surface area contributed by atoms with Crippen molar-refractivity contribution in [1.29, 1.82) is 0 Å². The zero-order chi connectivity index (χ0) is 14.7. The molecular formula is C17H24BrNO2. The molecule has 0 bridgehead atoms. The second-order valence-corrected chi connectivity index (χ2v) is 6.94. The van der Waals surface area contributed by atoms with Gasteiger partial charge in [0.15, 0.2) is 11.5 Å². The zero-order valence-electron chi connectivity index (χ0n) is 12.7. The topological polar surface area (TPSA) is 30.5 Å². The van der Waals surface area contributed by atoms with Crippen LogP contribution in [0.2, 0.25) is 0 Å². The predicted octanol–water partition coefficient (Wildman–Crippen LogP) is 4.45. The van der Waals surface area contributed by atoms with Crippen LogP contribution in [0, 0.1) is 5.92 Å². The van der Waals surface area contributed by atoms with E-state index in [1.807, 2.05) is 13.1 Å². The first-order valence-electron chi connectivity index (χ1n) is 8.04. The molecule has 0 spiro atoms. The maximum atomic E-state index is 5.72. The van der Waals surface area contributed by atoms with Gasteiger partial charge in [0, 0.05) is 10.5 Å². The molecule has 0 saturated heterocycles. The van der Waals surface area contributed by atoms with Crippen LogP contribution in [-0.2, 0) is 0 Å². The van der Waals surface area contributed by atoms with Crippen molar-refractivity contribution < 1.29 is 9.47 Å². The van der Waals surface area contributed by atoms with Crippen molar-refractivity contribution in [2.24, 2.45) is 5.92 Å². The number of hydrogen-bond donors (Lipinski definition) is 1. The Morgan fingerprint density at radius 3 is 2.52 bits per heavy atom. The zero-order valence-corrected chi connectivity index (χ0v) is 14.2. The Kier molecular flexibility index (Phi) is 5.07. The van der Waals surface area contributed by atoms with Crippen molar-refractivity contribution in [2.75, 3.05) is 20.3 Å². The van der Waals surface area contributed by atoms with Gasteiger partial charge in [-0.15, -0.1) is 0 Å². The summed E-state index contributed by atoms with van der Waals surface area (Å²) in [5.74, 6) is 2.65. The minimum atomic E-state index is 0.371. The lowest BCUT2D eigenvalue weighted by Crippen LogP contribution is -2.20. The maximum absolute atomic E-state index is 5.72. The molecule has 1 aromatic rings. The first-order chi connectivity index (χ1) is 10.3. The summed E-state index contributed by atoms with van der Waals surface area (Å²) in [7, 11) is 2.04. The number of nitrogens with one attached hydrogen (secondary N) is 1. The van der Waals surface area contributed by atoms with E-state index in [1.54, 1.807) is 0 Å². The fourth-order valence-electron chi connectivity index (χ4n) is 3.50. The molecular weight excluding hydrogens is 330 g/mol. The molecule has 1 unspecified atom stereocenters. The Morgan fingerprint density at radius 2 is 1.86 bits per heavy atom. The molecule has 1 atom stereocenters. The fourth-order valence-corrected chi connectivity index (χ4v) is 4.10. The molecule has 3 nitrogen and oxygen atoms in total. The summed E-state index contributed by atoms with van der Waals surface area (Å²) in [6.07, 6.45) is 8.16. The van der Waals surface area contributed by atoms with E-state index in [1.165, 1.54) is 44.1 Å². The number of ether oxygens (including phenoxy) is 2. The Balaban J connectivity index is 1.72. The molecule has 1 aliphatic carbocycles. The number of hydrogen-bond acceptors (Lipinski definition) is 3. The van der Waals surface area contributed by atoms with E-state index in [9.17, 15) is 0 Å². The lowest BCUT2D eigenvalue weighted by atomic mass is 9.94. The molecule has 1 N–H and O–H groups in total. The Bertz CT molecular complexity index is 486. The van der Waals surface area contributed by atoms with Gasteiger partial charge in [-0.1, -0.05) is 41.6 Å². The van der Waals surface area contributed by atoms with Gasteiger partial charge >= 0.3 is 0 Å². The average Bonchev–Trinajstić information content (AvgIpc) is 3.01. The molecule has 0 amide bonds. The first-order valence-corrected chi connectivity index (χ1v) is 8.83. The van der Waals surface area contributed by atoms with E-state index in [0.29, 0.717) is 19.3 Å². The summed E-state index contributed by atoms with van der Waals surface area (Å²) in [4.78, 5) is 0. The maximum Gasteiger partial charge on any atom is 0.162 e. The van der Waals surface area contributed by atoms with Crippen molar-refractivity contribution in [3.8, 4) is 11.5 Å². The van der Waals surface area contributed by atoms with Crippen molar-refractivity contribution in [3.63, 3.8) is 0 Å². The quantitative estimate of drug-likeness (QED) is 0.847. The summed E-state index contributed by atoms with van der Waals surface area (Å²) in [6, 6.07) is 4.55. The molecule has 1 heterocycles. The molecule has 1 aromatic carbocycles. The second-order valence-electron chi connectivity index (χ2n) is 6.09. The van der Waals surface area contributed by atoms with E-state index in [-0.39, 0.29) is 0 Å². The van der Waals surface area contributed by atoms with Crippen LogP contribution in [0.1, 0.15) is 50.1 Å². The van der Waals surface area contributed by atoms with E-state index in [0.717, 1.165) is 21.9 Å². The first kappa shape index (κ1) is 15.2. The average molecular weight is 354 g/mol. The predicted molar refractivity (Wildman–Crippen MR) is 88.1 cm³/mol.